The Hall–Kier alpha value is -0.500. The highest BCUT2D eigenvalue weighted by Crippen LogP contribution is 2.26. The number of alkyl halides is 1. The lowest BCUT2D eigenvalue weighted by atomic mass is 9.94. The van der Waals surface area contributed by atoms with E-state index in [4.69, 9.17) is 0 Å². The van der Waals surface area contributed by atoms with E-state index >= 15 is 0 Å². The minimum absolute atomic E-state index is 0.753. The van der Waals surface area contributed by atoms with Crippen LogP contribution in [0.5, 0.6) is 0 Å². The first kappa shape index (κ1) is 12.0. The topological polar surface area (TPSA) is 3.24 Å². The Morgan fingerprint density at radius 3 is 2.31 bits per heavy atom. The van der Waals surface area contributed by atoms with E-state index in [1.54, 1.807) is 0 Å². The predicted molar refractivity (Wildman–Crippen MR) is 74.3 cm³/mol. The van der Waals surface area contributed by atoms with Crippen LogP contribution in [0.25, 0.3) is 0 Å². The molecule has 1 aliphatic rings. The van der Waals surface area contributed by atoms with Gasteiger partial charge in [-0.1, -0.05) is 47.3 Å². The van der Waals surface area contributed by atoms with Gasteiger partial charge < -0.3 is 4.90 Å². The van der Waals surface area contributed by atoms with Crippen LogP contribution in [0, 0.1) is 0 Å². The van der Waals surface area contributed by atoms with Crippen molar-refractivity contribution < 1.29 is 0 Å². The first-order valence-corrected chi connectivity index (χ1v) is 7.31. The molecule has 0 amide bonds. The van der Waals surface area contributed by atoms with Gasteiger partial charge >= 0.3 is 0 Å². The number of anilines is 1. The van der Waals surface area contributed by atoms with E-state index in [-0.39, 0.29) is 0 Å². The summed E-state index contributed by atoms with van der Waals surface area (Å²) in [6.45, 7) is 0. The largest absolute Gasteiger partial charge is 0.372 e. The second kappa shape index (κ2) is 5.72. The average molecular weight is 282 g/mol. The summed E-state index contributed by atoms with van der Waals surface area (Å²) >= 11 is 3.48. The van der Waals surface area contributed by atoms with E-state index in [0.29, 0.717) is 0 Å². The highest BCUT2D eigenvalue weighted by atomic mass is 79.9. The molecule has 0 aromatic heterocycles. The van der Waals surface area contributed by atoms with Crippen LogP contribution >= 0.6 is 15.9 Å². The zero-order valence-corrected chi connectivity index (χ0v) is 11.5. The third kappa shape index (κ3) is 2.79. The summed E-state index contributed by atoms with van der Waals surface area (Å²) in [6, 6.07) is 9.66. The lowest BCUT2D eigenvalue weighted by Crippen LogP contribution is -2.33. The lowest BCUT2D eigenvalue weighted by molar-refractivity contribution is 0.427. The summed E-state index contributed by atoms with van der Waals surface area (Å²) in [5.74, 6) is 0. The van der Waals surface area contributed by atoms with Gasteiger partial charge in [-0.2, -0.15) is 0 Å². The number of hydrogen-bond donors (Lipinski definition) is 0. The number of halogens is 1. The lowest BCUT2D eigenvalue weighted by Gasteiger charge is -2.33. The van der Waals surface area contributed by atoms with Crippen molar-refractivity contribution in [1.29, 1.82) is 0 Å². The van der Waals surface area contributed by atoms with Crippen molar-refractivity contribution in [2.75, 3.05) is 11.9 Å². The van der Waals surface area contributed by atoms with Crippen LogP contribution in [-0.2, 0) is 5.33 Å². The van der Waals surface area contributed by atoms with Gasteiger partial charge in [-0.3, -0.25) is 0 Å². The first-order chi connectivity index (χ1) is 7.81. The molecule has 0 aliphatic heterocycles. The zero-order valence-electron chi connectivity index (χ0n) is 9.95. The molecular formula is C14H20BrN. The fourth-order valence-corrected chi connectivity index (χ4v) is 2.87. The maximum absolute atomic E-state index is 3.48. The number of benzene rings is 1. The molecule has 1 aliphatic carbocycles. The fraction of sp³-hybridized carbons (Fsp3) is 0.571. The monoisotopic (exact) mass is 281 g/mol. The van der Waals surface area contributed by atoms with E-state index in [2.05, 4.69) is 52.1 Å². The summed E-state index contributed by atoms with van der Waals surface area (Å²) in [7, 11) is 2.24. The zero-order chi connectivity index (χ0) is 11.4. The minimum atomic E-state index is 0.753. The van der Waals surface area contributed by atoms with E-state index in [1.807, 2.05) is 0 Å². The second-order valence-corrected chi connectivity index (χ2v) is 5.26. The van der Waals surface area contributed by atoms with Gasteiger partial charge in [0.25, 0.3) is 0 Å². The van der Waals surface area contributed by atoms with Gasteiger partial charge in [-0.15, -0.1) is 0 Å². The van der Waals surface area contributed by atoms with Gasteiger partial charge in [0.2, 0.25) is 0 Å². The van der Waals surface area contributed by atoms with Gasteiger partial charge in [0.15, 0.2) is 0 Å². The van der Waals surface area contributed by atoms with Crippen molar-refractivity contribution in [2.45, 2.75) is 43.5 Å². The molecule has 1 fully saturated rings. The molecule has 1 saturated carbocycles. The molecule has 1 aromatic rings. The van der Waals surface area contributed by atoms with Gasteiger partial charge in [0.05, 0.1) is 0 Å². The Bertz CT molecular complexity index is 314. The maximum atomic E-state index is 3.48. The van der Waals surface area contributed by atoms with Gasteiger partial charge in [0, 0.05) is 24.1 Å². The molecule has 0 atom stereocenters. The maximum Gasteiger partial charge on any atom is 0.0366 e. The average Bonchev–Trinajstić information content (AvgIpc) is 2.39. The number of hydrogen-bond acceptors (Lipinski definition) is 1. The van der Waals surface area contributed by atoms with E-state index in [0.717, 1.165) is 11.4 Å². The van der Waals surface area contributed by atoms with Gasteiger partial charge in [-0.05, 0) is 30.5 Å². The molecule has 0 radical (unpaired) electrons. The molecule has 88 valence electrons. The summed E-state index contributed by atoms with van der Waals surface area (Å²) in [5, 5.41) is 0.945. The van der Waals surface area contributed by atoms with Crippen LogP contribution in [0.4, 0.5) is 5.69 Å². The van der Waals surface area contributed by atoms with Crippen LogP contribution in [0.1, 0.15) is 37.7 Å². The van der Waals surface area contributed by atoms with E-state index in [9.17, 15) is 0 Å². The van der Waals surface area contributed by atoms with Gasteiger partial charge in [-0.25, -0.2) is 0 Å². The van der Waals surface area contributed by atoms with Gasteiger partial charge in [0.1, 0.15) is 0 Å². The van der Waals surface area contributed by atoms with Crippen molar-refractivity contribution in [3.05, 3.63) is 29.8 Å². The van der Waals surface area contributed by atoms with Crippen LogP contribution in [0.15, 0.2) is 24.3 Å². The first-order valence-electron chi connectivity index (χ1n) is 6.19. The molecule has 0 saturated heterocycles. The Morgan fingerprint density at radius 2 is 1.75 bits per heavy atom. The Kier molecular flexibility index (Phi) is 4.28. The smallest absolute Gasteiger partial charge is 0.0366 e. The van der Waals surface area contributed by atoms with Crippen molar-refractivity contribution in [2.24, 2.45) is 0 Å². The highest BCUT2D eigenvalue weighted by Gasteiger charge is 2.17. The molecule has 16 heavy (non-hydrogen) atoms. The molecule has 0 spiro atoms. The molecule has 2 heteroatoms. The second-order valence-electron chi connectivity index (χ2n) is 4.70. The summed E-state index contributed by atoms with van der Waals surface area (Å²) in [4.78, 5) is 2.46. The quantitative estimate of drug-likeness (QED) is 0.745. The van der Waals surface area contributed by atoms with E-state index in [1.165, 1.54) is 43.4 Å². The van der Waals surface area contributed by atoms with Crippen molar-refractivity contribution in [3.8, 4) is 0 Å². The molecule has 1 nitrogen and oxygen atoms in total. The van der Waals surface area contributed by atoms with E-state index < -0.39 is 0 Å². The normalized spacial score (nSPS) is 17.4. The molecular weight excluding hydrogens is 262 g/mol. The highest BCUT2D eigenvalue weighted by molar-refractivity contribution is 9.08. The third-order valence-electron chi connectivity index (χ3n) is 3.62. The Morgan fingerprint density at radius 1 is 1.12 bits per heavy atom. The molecule has 0 N–H and O–H groups in total. The third-order valence-corrected chi connectivity index (χ3v) is 4.27. The fourth-order valence-electron chi connectivity index (χ4n) is 2.50. The molecule has 2 rings (SSSR count). The molecule has 0 unspecified atom stereocenters. The van der Waals surface area contributed by atoms with Crippen LogP contribution in [-0.4, -0.2) is 13.1 Å². The molecule has 0 bridgehead atoms. The standard InChI is InChI=1S/C14H20BrN/c1-16(13-5-3-2-4-6-13)14-9-7-12(11-15)8-10-14/h7-10,13H,2-6,11H2,1H3. The van der Waals surface area contributed by atoms with Crippen LogP contribution in [0.3, 0.4) is 0 Å². The number of nitrogens with zero attached hydrogens (tertiary/aromatic N) is 1. The summed E-state index contributed by atoms with van der Waals surface area (Å²) < 4.78 is 0. The van der Waals surface area contributed by atoms with Crippen molar-refractivity contribution in [3.63, 3.8) is 0 Å². The SMILES string of the molecule is CN(c1ccc(CBr)cc1)C1CCCCC1. The van der Waals surface area contributed by atoms with Crippen molar-refractivity contribution >= 4 is 21.6 Å². The van der Waals surface area contributed by atoms with Crippen LogP contribution < -0.4 is 4.90 Å². The van der Waals surface area contributed by atoms with Crippen molar-refractivity contribution in [1.82, 2.24) is 0 Å². The van der Waals surface area contributed by atoms with Crippen LogP contribution in [0.2, 0.25) is 0 Å². The molecule has 1 aromatic carbocycles. The Labute approximate surface area is 107 Å². The number of rotatable bonds is 3. The minimum Gasteiger partial charge on any atom is -0.372 e. The summed E-state index contributed by atoms with van der Waals surface area (Å²) in [6.07, 6.45) is 6.93. The molecule has 0 heterocycles. The predicted octanol–water partition coefficient (Wildman–Crippen LogP) is 4.35. The summed E-state index contributed by atoms with van der Waals surface area (Å²) in [5.41, 5.74) is 2.71. The Balaban J connectivity index is 2.04.